The van der Waals surface area contributed by atoms with Crippen LogP contribution in [0.15, 0.2) is 46.9 Å². The second-order valence-corrected chi connectivity index (χ2v) is 6.79. The Morgan fingerprint density at radius 2 is 1.57 bits per heavy atom. The van der Waals surface area contributed by atoms with Gasteiger partial charge in [-0.2, -0.15) is 0 Å². The summed E-state index contributed by atoms with van der Waals surface area (Å²) in [7, 11) is 0. The van der Waals surface area contributed by atoms with E-state index in [1.165, 1.54) is 22.3 Å². The van der Waals surface area contributed by atoms with Crippen molar-refractivity contribution < 1.29 is 0 Å². The quantitative estimate of drug-likeness (QED) is 0.745. The van der Waals surface area contributed by atoms with E-state index in [4.69, 9.17) is 0 Å². The van der Waals surface area contributed by atoms with E-state index in [0.29, 0.717) is 5.92 Å². The normalized spacial score (nSPS) is 12.7. The molecule has 2 aromatic rings. The Labute approximate surface area is 136 Å². The minimum absolute atomic E-state index is 0.243. The van der Waals surface area contributed by atoms with Crippen LogP contribution in [0.2, 0.25) is 0 Å². The van der Waals surface area contributed by atoms with Crippen molar-refractivity contribution in [1.29, 1.82) is 0 Å². The van der Waals surface area contributed by atoms with Gasteiger partial charge in [0.15, 0.2) is 0 Å². The summed E-state index contributed by atoms with van der Waals surface area (Å²) < 4.78 is 1.14. The van der Waals surface area contributed by atoms with Crippen molar-refractivity contribution in [3.8, 4) is 0 Å². The molecule has 0 radical (unpaired) electrons. The summed E-state index contributed by atoms with van der Waals surface area (Å²) >= 11 is 3.61. The average Bonchev–Trinajstić information content (AvgIpc) is 2.44. The van der Waals surface area contributed by atoms with Crippen LogP contribution in [0.3, 0.4) is 0 Å². The van der Waals surface area contributed by atoms with E-state index in [1.54, 1.807) is 0 Å². The molecule has 0 spiro atoms. The van der Waals surface area contributed by atoms with E-state index < -0.39 is 0 Å². The summed E-state index contributed by atoms with van der Waals surface area (Å²) in [5, 5.41) is 3.60. The first kappa shape index (κ1) is 16.3. The summed E-state index contributed by atoms with van der Waals surface area (Å²) in [6, 6.07) is 15.8. The second-order valence-electron chi connectivity index (χ2n) is 5.87. The van der Waals surface area contributed by atoms with Gasteiger partial charge in [0.05, 0.1) is 6.04 Å². The molecule has 2 heteroatoms. The Morgan fingerprint density at radius 3 is 2.10 bits per heavy atom. The maximum Gasteiger partial charge on any atom is 0.0577 e. The van der Waals surface area contributed by atoms with Gasteiger partial charge in [0, 0.05) is 4.47 Å². The molecule has 0 aliphatic heterocycles. The van der Waals surface area contributed by atoms with E-state index >= 15 is 0 Å². The molecule has 0 amide bonds. The van der Waals surface area contributed by atoms with Crippen LogP contribution in [0.4, 0.5) is 0 Å². The number of nitrogens with one attached hydrogen (secondary N) is 1. The number of aryl methyl sites for hydroxylation is 1. The summed E-state index contributed by atoms with van der Waals surface area (Å²) in [6.07, 6.45) is 0. The van der Waals surface area contributed by atoms with E-state index in [2.05, 4.69) is 91.4 Å². The summed E-state index contributed by atoms with van der Waals surface area (Å²) in [5.41, 5.74) is 5.29. The van der Waals surface area contributed by atoms with Gasteiger partial charge in [0.25, 0.3) is 0 Å². The van der Waals surface area contributed by atoms with Crippen molar-refractivity contribution in [2.24, 2.45) is 0 Å². The Bertz CT molecular complexity index is 567. The van der Waals surface area contributed by atoms with Crippen LogP contribution in [-0.4, -0.2) is 6.54 Å². The summed E-state index contributed by atoms with van der Waals surface area (Å²) in [5.74, 6) is 0.574. The van der Waals surface area contributed by atoms with Gasteiger partial charge in [0.2, 0.25) is 0 Å². The smallest absolute Gasteiger partial charge is 0.0577 e. The molecule has 0 fully saturated rings. The van der Waals surface area contributed by atoms with Crippen LogP contribution < -0.4 is 5.32 Å². The molecule has 0 aliphatic carbocycles. The van der Waals surface area contributed by atoms with Crippen LogP contribution in [0.25, 0.3) is 0 Å². The zero-order valence-corrected chi connectivity index (χ0v) is 14.9. The maximum atomic E-state index is 3.61. The van der Waals surface area contributed by atoms with Crippen LogP contribution >= 0.6 is 15.9 Å². The zero-order valence-electron chi connectivity index (χ0n) is 13.3. The van der Waals surface area contributed by atoms with Gasteiger partial charge in [-0.25, -0.2) is 0 Å². The van der Waals surface area contributed by atoms with Crippen molar-refractivity contribution in [2.75, 3.05) is 6.54 Å². The minimum atomic E-state index is 0.243. The molecule has 1 unspecified atom stereocenters. The van der Waals surface area contributed by atoms with E-state index in [9.17, 15) is 0 Å². The van der Waals surface area contributed by atoms with Crippen molar-refractivity contribution in [3.05, 3.63) is 69.2 Å². The molecule has 0 saturated heterocycles. The predicted octanol–water partition coefficient (Wildman–Crippen LogP) is 5.58. The van der Waals surface area contributed by atoms with E-state index in [1.807, 2.05) is 0 Å². The first-order chi connectivity index (χ1) is 10.0. The second kappa shape index (κ2) is 7.24. The standard InChI is InChI=1S/C19H24BrN/c1-5-21-19(17-10-14(4)11-18(20)12-17)16-8-6-15(7-9-16)13(2)3/h6-13,19,21H,5H2,1-4H3. The van der Waals surface area contributed by atoms with Gasteiger partial charge < -0.3 is 5.32 Å². The van der Waals surface area contributed by atoms with Crippen molar-refractivity contribution >= 4 is 15.9 Å². The fourth-order valence-corrected chi connectivity index (χ4v) is 3.26. The molecule has 0 saturated carbocycles. The highest BCUT2D eigenvalue weighted by molar-refractivity contribution is 9.10. The molecule has 0 aliphatic rings. The fraction of sp³-hybridized carbons (Fsp3) is 0.368. The first-order valence-electron chi connectivity index (χ1n) is 7.61. The lowest BCUT2D eigenvalue weighted by molar-refractivity contribution is 0.629. The molecule has 1 N–H and O–H groups in total. The van der Waals surface area contributed by atoms with Crippen molar-refractivity contribution in [1.82, 2.24) is 5.32 Å². The molecule has 0 heterocycles. The molecular weight excluding hydrogens is 322 g/mol. The average molecular weight is 346 g/mol. The van der Waals surface area contributed by atoms with Gasteiger partial charge in [0.1, 0.15) is 0 Å². The highest BCUT2D eigenvalue weighted by atomic mass is 79.9. The third-order valence-corrected chi connectivity index (χ3v) is 4.20. The van der Waals surface area contributed by atoms with E-state index in [-0.39, 0.29) is 6.04 Å². The van der Waals surface area contributed by atoms with Crippen LogP contribution in [0.5, 0.6) is 0 Å². The van der Waals surface area contributed by atoms with Gasteiger partial charge in [-0.1, -0.05) is 67.0 Å². The SMILES string of the molecule is CCNC(c1ccc(C(C)C)cc1)c1cc(C)cc(Br)c1. The Morgan fingerprint density at radius 1 is 0.952 bits per heavy atom. The van der Waals surface area contributed by atoms with Gasteiger partial charge >= 0.3 is 0 Å². The van der Waals surface area contributed by atoms with Crippen molar-refractivity contribution in [3.63, 3.8) is 0 Å². The minimum Gasteiger partial charge on any atom is -0.307 e. The van der Waals surface area contributed by atoms with Crippen LogP contribution in [-0.2, 0) is 0 Å². The molecule has 21 heavy (non-hydrogen) atoms. The molecule has 1 atom stereocenters. The fourth-order valence-electron chi connectivity index (χ4n) is 2.64. The molecule has 0 bridgehead atoms. The van der Waals surface area contributed by atoms with Gasteiger partial charge in [-0.15, -0.1) is 0 Å². The highest BCUT2D eigenvalue weighted by Crippen LogP contribution is 2.27. The molecule has 1 nitrogen and oxygen atoms in total. The lowest BCUT2D eigenvalue weighted by Gasteiger charge is -2.20. The Hall–Kier alpha value is -1.12. The Balaban J connectivity index is 2.38. The monoisotopic (exact) mass is 345 g/mol. The van der Waals surface area contributed by atoms with Gasteiger partial charge in [-0.3, -0.25) is 0 Å². The third-order valence-electron chi connectivity index (χ3n) is 3.74. The lowest BCUT2D eigenvalue weighted by Crippen LogP contribution is -2.22. The molecule has 2 aromatic carbocycles. The largest absolute Gasteiger partial charge is 0.307 e. The van der Waals surface area contributed by atoms with Crippen molar-refractivity contribution in [2.45, 2.75) is 39.7 Å². The number of benzene rings is 2. The highest BCUT2D eigenvalue weighted by Gasteiger charge is 2.14. The van der Waals surface area contributed by atoms with Crippen LogP contribution in [0.1, 0.15) is 55.0 Å². The maximum absolute atomic E-state index is 3.61. The Kier molecular flexibility index (Phi) is 5.60. The summed E-state index contributed by atoms with van der Waals surface area (Å²) in [4.78, 5) is 0. The third kappa shape index (κ3) is 4.18. The number of halogens is 1. The summed E-state index contributed by atoms with van der Waals surface area (Å²) in [6.45, 7) is 9.70. The molecular formula is C19H24BrN. The lowest BCUT2D eigenvalue weighted by atomic mass is 9.94. The van der Waals surface area contributed by atoms with Gasteiger partial charge in [-0.05, 0) is 53.8 Å². The number of rotatable bonds is 5. The van der Waals surface area contributed by atoms with Crippen LogP contribution in [0, 0.1) is 6.92 Å². The molecule has 112 valence electrons. The topological polar surface area (TPSA) is 12.0 Å². The molecule has 2 rings (SSSR count). The molecule has 0 aromatic heterocycles. The zero-order chi connectivity index (χ0) is 15.4. The van der Waals surface area contributed by atoms with E-state index in [0.717, 1.165) is 11.0 Å². The number of hydrogen-bond donors (Lipinski definition) is 1. The predicted molar refractivity (Wildman–Crippen MR) is 94.9 cm³/mol. The number of hydrogen-bond acceptors (Lipinski definition) is 1. The first-order valence-corrected chi connectivity index (χ1v) is 8.41.